The highest BCUT2D eigenvalue weighted by atomic mass is 28.4. The Morgan fingerprint density at radius 2 is 1.85 bits per heavy atom. The second-order valence-corrected chi connectivity index (χ2v) is 12.1. The molecule has 0 aromatic carbocycles. The molecule has 2 nitrogen and oxygen atoms in total. The van der Waals surface area contributed by atoms with Crippen LogP contribution in [0.2, 0.25) is 18.1 Å². The van der Waals surface area contributed by atoms with Gasteiger partial charge in [-0.25, -0.2) is 0 Å². The van der Waals surface area contributed by atoms with Crippen LogP contribution < -0.4 is 0 Å². The Morgan fingerprint density at radius 1 is 1.20 bits per heavy atom. The highest BCUT2D eigenvalue weighted by Gasteiger charge is 2.43. The molecule has 0 saturated heterocycles. The van der Waals surface area contributed by atoms with E-state index in [4.69, 9.17) is 4.43 Å². The third-order valence-electron chi connectivity index (χ3n) is 4.82. The van der Waals surface area contributed by atoms with Crippen molar-refractivity contribution in [1.29, 1.82) is 0 Å². The molecule has 2 bridgehead atoms. The zero-order valence-corrected chi connectivity index (χ0v) is 14.2. The van der Waals surface area contributed by atoms with Gasteiger partial charge >= 0.3 is 0 Å². The fraction of sp³-hybridized carbons (Fsp3) is 0.588. The van der Waals surface area contributed by atoms with Gasteiger partial charge in [0, 0.05) is 5.92 Å². The minimum Gasteiger partial charge on any atom is -0.412 e. The summed E-state index contributed by atoms with van der Waals surface area (Å²) in [6.45, 7) is 11.2. The molecule has 2 aliphatic carbocycles. The first-order chi connectivity index (χ1) is 9.22. The topological polar surface area (TPSA) is 26.3 Å². The average molecular weight is 290 g/mol. The van der Waals surface area contributed by atoms with Crippen molar-refractivity contribution in [3.05, 3.63) is 36.5 Å². The number of rotatable bonds is 2. The molecule has 0 radical (unpaired) electrons. The van der Waals surface area contributed by atoms with Crippen LogP contribution in [0.15, 0.2) is 36.5 Å². The molecular weight excluding hydrogens is 264 g/mol. The van der Waals surface area contributed by atoms with E-state index in [-0.39, 0.29) is 22.8 Å². The van der Waals surface area contributed by atoms with Crippen molar-refractivity contribution in [2.75, 3.05) is 0 Å². The molecule has 0 saturated carbocycles. The van der Waals surface area contributed by atoms with E-state index in [9.17, 15) is 4.79 Å². The Balaban J connectivity index is 2.31. The fourth-order valence-electron chi connectivity index (χ4n) is 2.48. The summed E-state index contributed by atoms with van der Waals surface area (Å²) in [6, 6.07) is 0. The van der Waals surface area contributed by atoms with Crippen molar-refractivity contribution in [1.82, 2.24) is 0 Å². The third-order valence-corrected chi connectivity index (χ3v) is 9.29. The minimum atomic E-state index is -1.88. The molecular formula is C17H26O2Si. The Kier molecular flexibility index (Phi) is 4.21. The number of hydrogen-bond donors (Lipinski definition) is 0. The van der Waals surface area contributed by atoms with E-state index < -0.39 is 8.32 Å². The quantitative estimate of drug-likeness (QED) is 0.710. The molecule has 110 valence electrons. The molecule has 0 fully saturated rings. The molecule has 20 heavy (non-hydrogen) atoms. The van der Waals surface area contributed by atoms with Gasteiger partial charge in [0.15, 0.2) is 14.1 Å². The number of ketones is 1. The predicted octanol–water partition coefficient (Wildman–Crippen LogP) is 4.26. The molecule has 2 rings (SSSR count). The maximum absolute atomic E-state index is 12.3. The first-order valence-corrected chi connectivity index (χ1v) is 10.4. The van der Waals surface area contributed by atoms with Crippen LogP contribution in [0.4, 0.5) is 0 Å². The molecule has 2 aliphatic rings. The SMILES string of the molecule is CC(C)(C)[Si](C)(C)O[C@H]1[C@@H]2C=CC=C[C@H]1CC=CC2=O. The Morgan fingerprint density at radius 3 is 2.50 bits per heavy atom. The standard InChI is InChI=1S/C17H26O2Si/c1-17(2,3)20(4,5)19-16-13-9-6-7-11-14(16)15(18)12-8-10-13/h6-9,11-14,16H,10H2,1-5H3/t13-,14+,16+/m0/s1. The Bertz CT molecular complexity index is 466. The summed E-state index contributed by atoms with van der Waals surface area (Å²) in [7, 11) is -1.88. The fourth-order valence-corrected chi connectivity index (χ4v) is 3.83. The zero-order valence-electron chi connectivity index (χ0n) is 13.2. The lowest BCUT2D eigenvalue weighted by atomic mass is 9.89. The monoisotopic (exact) mass is 290 g/mol. The molecule has 0 amide bonds. The Labute approximate surface area is 123 Å². The van der Waals surface area contributed by atoms with E-state index in [1.807, 2.05) is 18.2 Å². The molecule has 0 spiro atoms. The van der Waals surface area contributed by atoms with Crippen LogP contribution in [0.25, 0.3) is 0 Å². The summed E-state index contributed by atoms with van der Waals surface area (Å²) in [5.74, 6) is 0.339. The molecule has 3 atom stereocenters. The number of allylic oxidation sites excluding steroid dienone is 4. The van der Waals surface area contributed by atoms with Crippen LogP contribution in [0.5, 0.6) is 0 Å². The van der Waals surface area contributed by atoms with Crippen molar-refractivity contribution >= 4 is 14.1 Å². The van der Waals surface area contributed by atoms with Crippen LogP contribution in [0.1, 0.15) is 27.2 Å². The van der Waals surface area contributed by atoms with Gasteiger partial charge in [0.05, 0.1) is 12.0 Å². The van der Waals surface area contributed by atoms with Crippen molar-refractivity contribution in [3.63, 3.8) is 0 Å². The van der Waals surface area contributed by atoms with Crippen molar-refractivity contribution in [2.24, 2.45) is 11.8 Å². The van der Waals surface area contributed by atoms with E-state index in [1.165, 1.54) is 0 Å². The van der Waals surface area contributed by atoms with Crippen molar-refractivity contribution in [3.8, 4) is 0 Å². The molecule has 0 N–H and O–H groups in total. The molecule has 0 aromatic heterocycles. The lowest BCUT2D eigenvalue weighted by molar-refractivity contribution is -0.119. The predicted molar refractivity (Wildman–Crippen MR) is 86.1 cm³/mol. The summed E-state index contributed by atoms with van der Waals surface area (Å²) >= 11 is 0. The minimum absolute atomic E-state index is 0.0200. The number of carbonyl (C=O) groups excluding carboxylic acids is 1. The van der Waals surface area contributed by atoms with Gasteiger partial charge < -0.3 is 4.43 Å². The number of carbonyl (C=O) groups is 1. The normalized spacial score (nSPS) is 30.2. The third kappa shape index (κ3) is 3.04. The summed E-state index contributed by atoms with van der Waals surface area (Å²) in [5.41, 5.74) is 0. The summed E-state index contributed by atoms with van der Waals surface area (Å²) < 4.78 is 6.62. The summed E-state index contributed by atoms with van der Waals surface area (Å²) in [4.78, 5) is 12.3. The lowest BCUT2D eigenvalue weighted by Gasteiger charge is -2.42. The van der Waals surface area contributed by atoms with E-state index in [1.54, 1.807) is 6.08 Å². The smallest absolute Gasteiger partial charge is 0.192 e. The Hall–Kier alpha value is -0.933. The lowest BCUT2D eigenvalue weighted by Crippen LogP contribution is -2.48. The van der Waals surface area contributed by atoms with Crippen LogP contribution in [-0.4, -0.2) is 20.2 Å². The van der Waals surface area contributed by atoms with Crippen LogP contribution in [0.3, 0.4) is 0 Å². The van der Waals surface area contributed by atoms with E-state index in [2.05, 4.69) is 46.0 Å². The maximum atomic E-state index is 12.3. The molecule has 0 heterocycles. The van der Waals surface area contributed by atoms with Gasteiger partial charge in [-0.2, -0.15) is 0 Å². The molecule has 0 unspecified atom stereocenters. The first kappa shape index (κ1) is 15.5. The van der Waals surface area contributed by atoms with Crippen LogP contribution >= 0.6 is 0 Å². The summed E-state index contributed by atoms with van der Waals surface area (Å²) in [6.07, 6.45) is 12.8. The maximum Gasteiger partial charge on any atom is 0.192 e. The van der Waals surface area contributed by atoms with Gasteiger partial charge in [0.25, 0.3) is 0 Å². The largest absolute Gasteiger partial charge is 0.412 e. The van der Waals surface area contributed by atoms with Crippen molar-refractivity contribution < 1.29 is 9.22 Å². The highest BCUT2D eigenvalue weighted by molar-refractivity contribution is 6.74. The second kappa shape index (κ2) is 5.45. The van der Waals surface area contributed by atoms with E-state index >= 15 is 0 Å². The molecule has 0 aromatic rings. The zero-order chi connectivity index (χ0) is 15.0. The second-order valence-electron chi connectivity index (χ2n) is 7.34. The van der Waals surface area contributed by atoms with E-state index in [0.29, 0.717) is 5.92 Å². The van der Waals surface area contributed by atoms with Crippen LogP contribution in [0, 0.1) is 11.8 Å². The molecule has 0 aliphatic heterocycles. The van der Waals surface area contributed by atoms with Crippen molar-refractivity contribution in [2.45, 2.75) is 51.4 Å². The van der Waals surface area contributed by atoms with Gasteiger partial charge in [-0.05, 0) is 30.6 Å². The van der Waals surface area contributed by atoms with Gasteiger partial charge in [0.2, 0.25) is 0 Å². The van der Waals surface area contributed by atoms with Gasteiger partial charge in [-0.15, -0.1) is 0 Å². The summed E-state index contributed by atoms with van der Waals surface area (Å²) in [5, 5.41) is 0.159. The van der Waals surface area contributed by atoms with Gasteiger partial charge in [0.1, 0.15) is 0 Å². The van der Waals surface area contributed by atoms with Gasteiger partial charge in [-0.1, -0.05) is 51.2 Å². The first-order valence-electron chi connectivity index (χ1n) is 7.45. The highest BCUT2D eigenvalue weighted by Crippen LogP contribution is 2.41. The average Bonchev–Trinajstić information content (AvgIpc) is 2.58. The number of fused-ring (bicyclic) bond motifs is 2. The molecule has 3 heteroatoms. The van der Waals surface area contributed by atoms with Gasteiger partial charge in [-0.3, -0.25) is 4.79 Å². The van der Waals surface area contributed by atoms with Crippen LogP contribution in [-0.2, 0) is 9.22 Å². The number of hydrogen-bond acceptors (Lipinski definition) is 2. The van der Waals surface area contributed by atoms with E-state index in [0.717, 1.165) is 6.42 Å².